The molecule has 30 heavy (non-hydrogen) atoms. The van der Waals surface area contributed by atoms with E-state index in [-0.39, 0.29) is 24.4 Å². The molecule has 0 bridgehead atoms. The van der Waals surface area contributed by atoms with E-state index in [4.69, 9.17) is 0 Å². The van der Waals surface area contributed by atoms with Crippen molar-refractivity contribution >= 4 is 17.8 Å². The van der Waals surface area contributed by atoms with Crippen LogP contribution < -0.4 is 10.6 Å². The molecule has 1 aliphatic heterocycles. The fourth-order valence-electron chi connectivity index (χ4n) is 4.60. The minimum absolute atomic E-state index is 0.135. The van der Waals surface area contributed by atoms with Gasteiger partial charge in [-0.25, -0.2) is 4.79 Å². The van der Waals surface area contributed by atoms with Crippen LogP contribution in [0.1, 0.15) is 64.9 Å². The Balaban J connectivity index is 1.45. The van der Waals surface area contributed by atoms with Gasteiger partial charge in [0, 0.05) is 6.04 Å². The molecule has 2 aliphatic rings. The fourth-order valence-corrected chi connectivity index (χ4v) is 4.60. The lowest BCUT2D eigenvalue weighted by molar-refractivity contribution is -0.132. The summed E-state index contributed by atoms with van der Waals surface area (Å²) in [6.45, 7) is 6.68. The third-order valence-electron chi connectivity index (χ3n) is 7.08. The lowest BCUT2D eigenvalue weighted by atomic mass is 9.69. The molecule has 0 spiro atoms. The van der Waals surface area contributed by atoms with Gasteiger partial charge in [-0.2, -0.15) is 0 Å². The van der Waals surface area contributed by atoms with Crippen LogP contribution in [0.3, 0.4) is 0 Å². The summed E-state index contributed by atoms with van der Waals surface area (Å²) >= 11 is 0. The number of rotatable bonds is 8. The lowest BCUT2D eigenvalue weighted by Crippen LogP contribution is -2.46. The van der Waals surface area contributed by atoms with Gasteiger partial charge in [0.15, 0.2) is 0 Å². The van der Waals surface area contributed by atoms with E-state index in [0.29, 0.717) is 24.2 Å². The summed E-state index contributed by atoms with van der Waals surface area (Å²) in [5.41, 5.74) is 1.46. The molecule has 0 radical (unpaired) electrons. The molecule has 1 aromatic carbocycles. The minimum atomic E-state index is -0.558. The molecule has 4 amide bonds. The number of carbonyl (C=O) groups excluding carboxylic acids is 3. The predicted octanol–water partition coefficient (Wildman–Crippen LogP) is 3.65. The van der Waals surface area contributed by atoms with Crippen molar-refractivity contribution in [3.05, 3.63) is 35.9 Å². The van der Waals surface area contributed by atoms with Crippen molar-refractivity contribution in [3.63, 3.8) is 0 Å². The minimum Gasteiger partial charge on any atom is -0.352 e. The Hall–Kier alpha value is -2.37. The van der Waals surface area contributed by atoms with Crippen molar-refractivity contribution < 1.29 is 14.4 Å². The van der Waals surface area contributed by atoms with Gasteiger partial charge >= 0.3 is 6.03 Å². The standard InChI is InChI=1S/C24H35N3O3/c1-4-24(2,3)18-11-13-19(14-12-18)25-21(28)16-27-22(29)20(26-23(27)30)15-10-17-8-6-5-7-9-17/h5-9,18-20H,4,10-16H2,1-3H3,(H,25,28)(H,26,30). The van der Waals surface area contributed by atoms with E-state index in [1.807, 2.05) is 30.3 Å². The topological polar surface area (TPSA) is 78.5 Å². The quantitative estimate of drug-likeness (QED) is 0.639. The molecule has 6 heteroatoms. The van der Waals surface area contributed by atoms with Gasteiger partial charge in [-0.1, -0.05) is 57.5 Å². The van der Waals surface area contributed by atoms with E-state index >= 15 is 0 Å². The highest BCUT2D eigenvalue weighted by atomic mass is 16.2. The number of hydrogen-bond donors (Lipinski definition) is 2. The Kier molecular flexibility index (Phi) is 7.16. The number of urea groups is 1. The molecular weight excluding hydrogens is 378 g/mol. The Bertz CT molecular complexity index is 754. The molecule has 164 valence electrons. The second-order valence-corrected chi connectivity index (χ2v) is 9.41. The summed E-state index contributed by atoms with van der Waals surface area (Å²) < 4.78 is 0. The molecule has 6 nitrogen and oxygen atoms in total. The van der Waals surface area contributed by atoms with Gasteiger partial charge in [0.1, 0.15) is 12.6 Å². The predicted molar refractivity (Wildman–Crippen MR) is 117 cm³/mol. The number of amides is 4. The van der Waals surface area contributed by atoms with Crippen LogP contribution in [0.5, 0.6) is 0 Å². The third kappa shape index (κ3) is 5.41. The van der Waals surface area contributed by atoms with E-state index < -0.39 is 12.1 Å². The van der Waals surface area contributed by atoms with Gasteiger partial charge in [-0.05, 0) is 55.4 Å². The van der Waals surface area contributed by atoms with Gasteiger partial charge in [0.2, 0.25) is 5.91 Å². The summed E-state index contributed by atoms with van der Waals surface area (Å²) in [5, 5.41) is 5.76. The fraction of sp³-hybridized carbons (Fsp3) is 0.625. The molecule has 3 rings (SSSR count). The number of hydrogen-bond acceptors (Lipinski definition) is 3. The lowest BCUT2D eigenvalue weighted by Gasteiger charge is -2.39. The first-order valence-electron chi connectivity index (χ1n) is 11.3. The van der Waals surface area contributed by atoms with Crippen LogP contribution in [-0.2, 0) is 16.0 Å². The highest BCUT2D eigenvalue weighted by molar-refractivity contribution is 6.06. The van der Waals surface area contributed by atoms with E-state index in [1.165, 1.54) is 0 Å². The molecule has 1 aromatic rings. The molecule has 1 atom stereocenters. The van der Waals surface area contributed by atoms with Crippen molar-refractivity contribution in [1.29, 1.82) is 0 Å². The molecule has 1 heterocycles. The van der Waals surface area contributed by atoms with Crippen molar-refractivity contribution in [3.8, 4) is 0 Å². The number of benzene rings is 1. The van der Waals surface area contributed by atoms with E-state index in [2.05, 4.69) is 31.4 Å². The summed E-state index contributed by atoms with van der Waals surface area (Å²) in [4.78, 5) is 38.4. The molecule has 1 saturated heterocycles. The molecule has 1 unspecified atom stereocenters. The third-order valence-corrected chi connectivity index (χ3v) is 7.08. The number of nitrogens with one attached hydrogen (secondary N) is 2. The first-order valence-corrected chi connectivity index (χ1v) is 11.3. The molecule has 2 fully saturated rings. The number of imide groups is 1. The molecular formula is C24H35N3O3. The monoisotopic (exact) mass is 413 g/mol. The average Bonchev–Trinajstić information content (AvgIpc) is 3.01. The van der Waals surface area contributed by atoms with E-state index in [9.17, 15) is 14.4 Å². The Labute approximate surface area is 179 Å². The highest BCUT2D eigenvalue weighted by Crippen LogP contribution is 2.40. The zero-order valence-electron chi connectivity index (χ0n) is 18.4. The molecule has 2 N–H and O–H groups in total. The summed E-state index contributed by atoms with van der Waals surface area (Å²) in [6, 6.07) is 8.97. The maximum absolute atomic E-state index is 12.6. The van der Waals surface area contributed by atoms with Crippen LogP contribution in [-0.4, -0.2) is 41.4 Å². The van der Waals surface area contributed by atoms with Gasteiger partial charge in [-0.15, -0.1) is 0 Å². The van der Waals surface area contributed by atoms with Crippen molar-refractivity contribution in [1.82, 2.24) is 15.5 Å². The molecule has 1 saturated carbocycles. The Morgan fingerprint density at radius 2 is 1.80 bits per heavy atom. The van der Waals surface area contributed by atoms with Crippen LogP contribution in [0.15, 0.2) is 30.3 Å². The van der Waals surface area contributed by atoms with Gasteiger partial charge < -0.3 is 10.6 Å². The van der Waals surface area contributed by atoms with Crippen molar-refractivity contribution in [2.24, 2.45) is 11.3 Å². The largest absolute Gasteiger partial charge is 0.352 e. The second kappa shape index (κ2) is 9.63. The second-order valence-electron chi connectivity index (χ2n) is 9.41. The van der Waals surface area contributed by atoms with E-state index in [1.54, 1.807) is 0 Å². The maximum Gasteiger partial charge on any atom is 0.325 e. The van der Waals surface area contributed by atoms with Crippen LogP contribution in [0.25, 0.3) is 0 Å². The first kappa shape index (κ1) is 22.3. The van der Waals surface area contributed by atoms with Crippen molar-refractivity contribution in [2.45, 2.75) is 77.8 Å². The Morgan fingerprint density at radius 3 is 2.43 bits per heavy atom. The smallest absolute Gasteiger partial charge is 0.325 e. The summed E-state index contributed by atoms with van der Waals surface area (Å²) in [7, 11) is 0. The zero-order valence-corrected chi connectivity index (χ0v) is 18.4. The first-order chi connectivity index (χ1) is 14.3. The SMILES string of the molecule is CCC(C)(C)C1CCC(NC(=O)CN2C(=O)NC(CCc3ccccc3)C2=O)CC1. The zero-order chi connectivity index (χ0) is 21.7. The van der Waals surface area contributed by atoms with Gasteiger partial charge in [-0.3, -0.25) is 14.5 Å². The summed E-state index contributed by atoms with van der Waals surface area (Å²) in [6.07, 6.45) is 6.53. The van der Waals surface area contributed by atoms with Crippen LogP contribution in [0.2, 0.25) is 0 Å². The van der Waals surface area contributed by atoms with E-state index in [0.717, 1.165) is 42.6 Å². The summed E-state index contributed by atoms with van der Waals surface area (Å²) in [5.74, 6) is 0.131. The molecule has 1 aliphatic carbocycles. The number of carbonyl (C=O) groups is 3. The Morgan fingerprint density at radius 1 is 1.13 bits per heavy atom. The molecule has 0 aromatic heterocycles. The number of nitrogens with zero attached hydrogens (tertiary/aromatic N) is 1. The van der Waals surface area contributed by atoms with Crippen molar-refractivity contribution in [2.75, 3.05) is 6.54 Å². The average molecular weight is 414 g/mol. The highest BCUT2D eigenvalue weighted by Gasteiger charge is 2.39. The van der Waals surface area contributed by atoms with Crippen LogP contribution in [0.4, 0.5) is 4.79 Å². The normalized spacial score (nSPS) is 24.6. The maximum atomic E-state index is 12.6. The number of aryl methyl sites for hydroxylation is 1. The van der Waals surface area contributed by atoms with Crippen LogP contribution >= 0.6 is 0 Å². The van der Waals surface area contributed by atoms with Crippen LogP contribution in [0, 0.1) is 11.3 Å². The van der Waals surface area contributed by atoms with Gasteiger partial charge in [0.05, 0.1) is 0 Å². The van der Waals surface area contributed by atoms with Gasteiger partial charge in [0.25, 0.3) is 5.91 Å².